The first-order chi connectivity index (χ1) is 7.43. The van der Waals surface area contributed by atoms with Gasteiger partial charge < -0.3 is 15.7 Å². The summed E-state index contributed by atoms with van der Waals surface area (Å²) in [5.74, 6) is 0.570. The molecule has 1 rings (SSSR count). The van der Waals surface area contributed by atoms with Gasteiger partial charge in [0.2, 0.25) is 5.91 Å². The molecule has 1 amide bonds. The smallest absolute Gasteiger partial charge is 0.239 e. The number of carbonyl (C=O) groups is 1. The van der Waals surface area contributed by atoms with E-state index >= 15 is 0 Å². The number of likely N-dealkylation sites (tertiary alicyclic amines) is 1. The Morgan fingerprint density at radius 3 is 2.19 bits per heavy atom. The van der Waals surface area contributed by atoms with Crippen LogP contribution in [0.2, 0.25) is 0 Å². The quantitative estimate of drug-likeness (QED) is 0.743. The Balaban J connectivity index is 2.45. The minimum absolute atomic E-state index is 0.0547. The molecule has 1 unspecified atom stereocenters. The predicted octanol–water partition coefficient (Wildman–Crippen LogP) is 0.589. The van der Waals surface area contributed by atoms with Gasteiger partial charge in [0.25, 0.3) is 0 Å². The maximum atomic E-state index is 12.0. The number of aliphatic hydroxyl groups is 1. The number of carbonyl (C=O) groups excluding carboxylic acids is 1. The van der Waals surface area contributed by atoms with Gasteiger partial charge in [0, 0.05) is 13.1 Å². The third-order valence-corrected chi connectivity index (χ3v) is 3.54. The Hall–Kier alpha value is -0.610. The van der Waals surface area contributed by atoms with Crippen LogP contribution in [-0.2, 0) is 4.79 Å². The Labute approximate surface area is 97.8 Å². The normalized spacial score (nSPS) is 22.2. The van der Waals surface area contributed by atoms with Crippen LogP contribution < -0.4 is 5.73 Å². The molecule has 1 saturated heterocycles. The number of nitrogens with two attached hydrogens (primary N) is 1. The lowest BCUT2D eigenvalue weighted by atomic mass is 9.91. The van der Waals surface area contributed by atoms with Gasteiger partial charge in [-0.2, -0.15) is 0 Å². The molecule has 0 bridgehead atoms. The molecule has 4 heteroatoms. The van der Waals surface area contributed by atoms with Gasteiger partial charge in [-0.25, -0.2) is 0 Å². The molecule has 1 heterocycles. The SMILES string of the molecule is CC(O)C1CCN(C(=O)[C@@H](N)C(C)C)CC1. The highest BCUT2D eigenvalue weighted by Crippen LogP contribution is 2.21. The van der Waals surface area contributed by atoms with E-state index in [4.69, 9.17) is 5.73 Å². The first kappa shape index (κ1) is 13.5. The van der Waals surface area contributed by atoms with Crippen molar-refractivity contribution in [2.24, 2.45) is 17.6 Å². The van der Waals surface area contributed by atoms with Crippen LogP contribution in [0.1, 0.15) is 33.6 Å². The molecule has 16 heavy (non-hydrogen) atoms. The summed E-state index contributed by atoms with van der Waals surface area (Å²) in [4.78, 5) is 13.8. The van der Waals surface area contributed by atoms with Gasteiger partial charge in [0.1, 0.15) is 0 Å². The van der Waals surface area contributed by atoms with Crippen molar-refractivity contribution in [3.05, 3.63) is 0 Å². The summed E-state index contributed by atoms with van der Waals surface area (Å²) < 4.78 is 0. The van der Waals surface area contributed by atoms with Gasteiger partial charge in [-0.1, -0.05) is 13.8 Å². The largest absolute Gasteiger partial charge is 0.393 e. The zero-order valence-corrected chi connectivity index (χ0v) is 10.5. The van der Waals surface area contributed by atoms with Crippen LogP contribution in [0.3, 0.4) is 0 Å². The highest BCUT2D eigenvalue weighted by atomic mass is 16.3. The monoisotopic (exact) mass is 228 g/mol. The van der Waals surface area contributed by atoms with E-state index in [2.05, 4.69) is 0 Å². The molecule has 0 saturated carbocycles. The van der Waals surface area contributed by atoms with Crippen LogP contribution >= 0.6 is 0 Å². The van der Waals surface area contributed by atoms with Crippen molar-refractivity contribution in [2.45, 2.75) is 45.8 Å². The van der Waals surface area contributed by atoms with Crippen LogP contribution in [0.4, 0.5) is 0 Å². The Bertz CT molecular complexity index is 233. The molecule has 3 N–H and O–H groups in total. The molecular formula is C12H24N2O2. The average Bonchev–Trinajstić information content (AvgIpc) is 2.27. The number of hydrogen-bond acceptors (Lipinski definition) is 3. The summed E-state index contributed by atoms with van der Waals surface area (Å²) in [5, 5.41) is 9.47. The highest BCUT2D eigenvalue weighted by molar-refractivity contribution is 5.82. The first-order valence-electron chi connectivity index (χ1n) is 6.16. The summed E-state index contributed by atoms with van der Waals surface area (Å²) in [6.07, 6.45) is 1.50. The van der Waals surface area contributed by atoms with Crippen molar-refractivity contribution in [3.8, 4) is 0 Å². The number of piperidine rings is 1. The molecule has 0 radical (unpaired) electrons. The van der Waals surface area contributed by atoms with E-state index in [0.717, 1.165) is 25.9 Å². The van der Waals surface area contributed by atoms with E-state index < -0.39 is 0 Å². The number of amides is 1. The molecule has 0 aliphatic carbocycles. The maximum Gasteiger partial charge on any atom is 0.239 e. The zero-order chi connectivity index (χ0) is 12.3. The van der Waals surface area contributed by atoms with E-state index in [1.807, 2.05) is 25.7 Å². The minimum atomic E-state index is -0.386. The fourth-order valence-electron chi connectivity index (χ4n) is 2.10. The molecule has 1 fully saturated rings. The number of nitrogens with zero attached hydrogens (tertiary/aromatic N) is 1. The van der Waals surface area contributed by atoms with Crippen molar-refractivity contribution in [3.63, 3.8) is 0 Å². The van der Waals surface area contributed by atoms with Gasteiger partial charge in [0.05, 0.1) is 12.1 Å². The van der Waals surface area contributed by atoms with Crippen molar-refractivity contribution >= 4 is 5.91 Å². The fourth-order valence-corrected chi connectivity index (χ4v) is 2.10. The van der Waals surface area contributed by atoms with E-state index in [1.54, 1.807) is 0 Å². The Morgan fingerprint density at radius 1 is 1.31 bits per heavy atom. The third-order valence-electron chi connectivity index (χ3n) is 3.54. The van der Waals surface area contributed by atoms with Gasteiger partial charge in [0.15, 0.2) is 0 Å². The second-order valence-corrected chi connectivity index (χ2v) is 5.17. The molecule has 0 aromatic carbocycles. The molecule has 1 aliphatic rings. The first-order valence-corrected chi connectivity index (χ1v) is 6.16. The lowest BCUT2D eigenvalue weighted by molar-refractivity contribution is -0.135. The molecule has 2 atom stereocenters. The van der Waals surface area contributed by atoms with Crippen LogP contribution in [0, 0.1) is 11.8 Å². The zero-order valence-electron chi connectivity index (χ0n) is 10.5. The van der Waals surface area contributed by atoms with E-state index in [-0.39, 0.29) is 24.0 Å². The molecule has 94 valence electrons. The van der Waals surface area contributed by atoms with E-state index in [0.29, 0.717) is 5.92 Å². The molecule has 4 nitrogen and oxygen atoms in total. The van der Waals surface area contributed by atoms with Crippen LogP contribution in [0.25, 0.3) is 0 Å². The lowest BCUT2D eigenvalue weighted by Crippen LogP contribution is -2.49. The molecule has 0 spiro atoms. The van der Waals surface area contributed by atoms with Crippen molar-refractivity contribution in [1.29, 1.82) is 0 Å². The van der Waals surface area contributed by atoms with Crippen molar-refractivity contribution in [2.75, 3.05) is 13.1 Å². The summed E-state index contributed by atoms with van der Waals surface area (Å²) in [5.41, 5.74) is 5.84. The summed E-state index contributed by atoms with van der Waals surface area (Å²) in [6, 6.07) is -0.386. The molecule has 0 aromatic rings. The number of hydrogen-bond donors (Lipinski definition) is 2. The minimum Gasteiger partial charge on any atom is -0.393 e. The maximum absolute atomic E-state index is 12.0. The van der Waals surface area contributed by atoms with Gasteiger partial charge in [-0.05, 0) is 31.6 Å². The van der Waals surface area contributed by atoms with E-state index in [9.17, 15) is 9.90 Å². The number of aliphatic hydroxyl groups excluding tert-OH is 1. The fraction of sp³-hybridized carbons (Fsp3) is 0.917. The molecule has 1 aliphatic heterocycles. The highest BCUT2D eigenvalue weighted by Gasteiger charge is 2.28. The van der Waals surface area contributed by atoms with Crippen LogP contribution in [0.5, 0.6) is 0 Å². The number of rotatable bonds is 3. The van der Waals surface area contributed by atoms with Crippen LogP contribution in [0.15, 0.2) is 0 Å². The van der Waals surface area contributed by atoms with Gasteiger partial charge >= 0.3 is 0 Å². The van der Waals surface area contributed by atoms with E-state index in [1.165, 1.54) is 0 Å². The third kappa shape index (κ3) is 3.19. The molecule has 0 aromatic heterocycles. The second-order valence-electron chi connectivity index (χ2n) is 5.17. The van der Waals surface area contributed by atoms with Crippen LogP contribution in [-0.4, -0.2) is 41.1 Å². The van der Waals surface area contributed by atoms with Crippen molar-refractivity contribution < 1.29 is 9.90 Å². The Morgan fingerprint density at radius 2 is 1.81 bits per heavy atom. The second kappa shape index (κ2) is 5.64. The predicted molar refractivity (Wildman–Crippen MR) is 63.8 cm³/mol. The lowest BCUT2D eigenvalue weighted by Gasteiger charge is -2.35. The van der Waals surface area contributed by atoms with Gasteiger partial charge in [-0.15, -0.1) is 0 Å². The average molecular weight is 228 g/mol. The Kier molecular flexibility index (Phi) is 4.74. The summed E-state index contributed by atoms with van der Waals surface area (Å²) in [7, 11) is 0. The summed E-state index contributed by atoms with van der Waals surface area (Å²) >= 11 is 0. The van der Waals surface area contributed by atoms with Gasteiger partial charge in [-0.3, -0.25) is 4.79 Å². The molecular weight excluding hydrogens is 204 g/mol. The standard InChI is InChI=1S/C12H24N2O2/c1-8(2)11(13)12(16)14-6-4-10(5-7-14)9(3)15/h8-11,15H,4-7,13H2,1-3H3/t9?,11-/m0/s1. The topological polar surface area (TPSA) is 66.6 Å². The van der Waals surface area contributed by atoms with Crippen molar-refractivity contribution in [1.82, 2.24) is 4.90 Å². The summed E-state index contributed by atoms with van der Waals surface area (Å²) in [6.45, 7) is 7.21.